The van der Waals surface area contributed by atoms with E-state index in [1.807, 2.05) is 60.6 Å². The highest BCUT2D eigenvalue weighted by Gasteiger charge is 2.59. The first-order valence-corrected chi connectivity index (χ1v) is 38.6. The molecule has 5 aliphatic carbocycles. The Kier molecular flexibility index (Phi) is 32.0. The maximum Gasteiger partial charge on any atom is 0.266 e. The van der Waals surface area contributed by atoms with Crippen molar-refractivity contribution in [2.45, 2.75) is 168 Å². The molecule has 0 aliphatic heterocycles. The Morgan fingerprint density at radius 3 is 2.01 bits per heavy atom. The van der Waals surface area contributed by atoms with Crippen LogP contribution in [-0.4, -0.2) is 193 Å². The van der Waals surface area contributed by atoms with E-state index in [2.05, 4.69) is 65.7 Å². The first kappa shape index (κ1) is 77.1. The van der Waals surface area contributed by atoms with Gasteiger partial charge in [-0.3, -0.25) is 4.79 Å². The highest BCUT2D eigenvalue weighted by molar-refractivity contribution is 7.21. The summed E-state index contributed by atoms with van der Waals surface area (Å²) in [7, 11) is 2.02. The van der Waals surface area contributed by atoms with E-state index in [1.54, 1.807) is 16.5 Å². The number of halogens is 1. The molecule has 0 spiro atoms. The van der Waals surface area contributed by atoms with Crippen LogP contribution in [0.5, 0.6) is 5.88 Å². The number of rotatable bonds is 47. The van der Waals surface area contributed by atoms with Crippen molar-refractivity contribution in [2.24, 2.45) is 40.4 Å². The van der Waals surface area contributed by atoms with Crippen LogP contribution in [0.15, 0.2) is 84.7 Å². The number of ether oxygens (including phenoxy) is 11. The zero-order valence-electron chi connectivity index (χ0n) is 59.8. The number of fused-ring (bicyclic) bond motifs is 6. The fourth-order valence-electron chi connectivity index (χ4n) is 16.8. The minimum atomic E-state index is -0.118. The van der Waals surface area contributed by atoms with Crippen molar-refractivity contribution >= 4 is 38.9 Å². The topological polar surface area (TPSA) is 198 Å². The van der Waals surface area contributed by atoms with Gasteiger partial charge >= 0.3 is 0 Å². The van der Waals surface area contributed by atoms with Gasteiger partial charge in [-0.1, -0.05) is 111 Å². The van der Waals surface area contributed by atoms with Crippen molar-refractivity contribution in [3.8, 4) is 17.0 Å². The molecule has 3 aromatic heterocycles. The number of carbonyl (C=O) groups excluding carboxylic acids is 1. The number of aromatic nitrogens is 4. The van der Waals surface area contributed by atoms with E-state index in [-0.39, 0.29) is 18.1 Å². The first-order chi connectivity index (χ1) is 48.5. The average Bonchev–Trinajstić information content (AvgIpc) is 1.69. The molecule has 3 heterocycles. The number of thiophene rings is 1. The lowest BCUT2D eigenvalue weighted by molar-refractivity contribution is -0.0572. The number of aliphatic hydroxyl groups excluding tert-OH is 1. The third-order valence-corrected chi connectivity index (χ3v) is 23.8. The zero-order valence-corrected chi connectivity index (χ0v) is 61.3. The van der Waals surface area contributed by atoms with E-state index in [9.17, 15) is 9.90 Å². The summed E-state index contributed by atoms with van der Waals surface area (Å²) in [5.41, 5.74) is 6.21. The maximum atomic E-state index is 14.4. The Hall–Kier alpha value is -4.49. The number of carbonyl (C=O) groups is 1. The summed E-state index contributed by atoms with van der Waals surface area (Å²) in [5, 5.41) is 23.7. The Balaban J connectivity index is 0.456. The summed E-state index contributed by atoms with van der Waals surface area (Å²) in [6.45, 7) is 19.1. The summed E-state index contributed by atoms with van der Waals surface area (Å²) in [5.74, 6) is 4.74. The smallest absolute Gasteiger partial charge is 0.266 e. The molecule has 1 amide bonds. The number of allylic oxidation sites excluding steroid dienone is 1. The third-order valence-electron chi connectivity index (χ3n) is 22.2. The minimum Gasteiger partial charge on any atom is -0.475 e. The lowest BCUT2D eigenvalue weighted by Crippen LogP contribution is -2.50. The van der Waals surface area contributed by atoms with Gasteiger partial charge in [-0.25, -0.2) is 9.67 Å². The SMILES string of the molecule is CNC1CCC(N(Cc2cccc(-c3ccnc(OCCOCCOCCOCCn4cc(COCCOCCOCCOCCOCCOCCOCCCCCC[C@@H](C)C5CC[C@H]6[C@@H]7CC=C8C[C@@H](O)CC[C@]8(C)[C@H]7CC[C@]56C)nn4)c3)c2)C(=O)c2sc3ccccc3c2Cl)CC1. The van der Waals surface area contributed by atoms with Gasteiger partial charge in [0.05, 0.1) is 149 Å². The van der Waals surface area contributed by atoms with Gasteiger partial charge in [-0.2, -0.15) is 0 Å². The number of benzene rings is 2. The van der Waals surface area contributed by atoms with E-state index in [0.29, 0.717) is 178 Å². The second-order valence-corrected chi connectivity index (χ2v) is 29.9. The first-order valence-electron chi connectivity index (χ1n) is 37.4. The third kappa shape index (κ3) is 22.8. The number of nitrogens with zero attached hydrogens (tertiary/aromatic N) is 5. The van der Waals surface area contributed by atoms with Gasteiger partial charge in [0.25, 0.3) is 5.91 Å². The fourth-order valence-corrected chi connectivity index (χ4v) is 18.3. The molecule has 99 heavy (non-hydrogen) atoms. The second-order valence-electron chi connectivity index (χ2n) is 28.5. The van der Waals surface area contributed by atoms with Crippen molar-refractivity contribution in [1.29, 1.82) is 0 Å². The predicted octanol–water partition coefficient (Wildman–Crippen LogP) is 13.7. The van der Waals surface area contributed by atoms with E-state index in [1.165, 1.54) is 75.5 Å². The maximum absolute atomic E-state index is 14.4. The monoisotopic (exact) mass is 1410 g/mol. The van der Waals surface area contributed by atoms with Crippen molar-refractivity contribution in [3.63, 3.8) is 0 Å². The van der Waals surface area contributed by atoms with Crippen molar-refractivity contribution < 1.29 is 62.0 Å². The van der Waals surface area contributed by atoms with Gasteiger partial charge in [0, 0.05) is 47.6 Å². The quantitative estimate of drug-likeness (QED) is 0.0275. The van der Waals surface area contributed by atoms with E-state index in [4.69, 9.17) is 63.7 Å². The molecule has 2 aromatic carbocycles. The van der Waals surface area contributed by atoms with Crippen LogP contribution in [0, 0.1) is 40.4 Å². The highest BCUT2D eigenvalue weighted by Crippen LogP contribution is 2.67. The Bertz CT molecular complexity index is 3180. The van der Waals surface area contributed by atoms with Crippen LogP contribution in [0.25, 0.3) is 21.2 Å². The molecule has 10 rings (SSSR count). The van der Waals surface area contributed by atoms with Crippen LogP contribution in [0.1, 0.15) is 151 Å². The number of aliphatic hydroxyl groups is 1. The molecule has 21 heteroatoms. The van der Waals surface area contributed by atoms with Gasteiger partial charge in [0.2, 0.25) is 5.88 Å². The number of amides is 1. The lowest BCUT2D eigenvalue weighted by atomic mass is 9.47. The van der Waals surface area contributed by atoms with Crippen LogP contribution in [0.2, 0.25) is 5.02 Å². The Labute approximate surface area is 598 Å². The average molecular weight is 1410 g/mol. The van der Waals surface area contributed by atoms with Crippen molar-refractivity contribution in [3.05, 3.63) is 106 Å². The fraction of sp³-hybridized carbons (Fsp3) is 0.692. The molecule has 8 atom stereocenters. The molecule has 5 aliphatic rings. The van der Waals surface area contributed by atoms with Crippen molar-refractivity contribution in [1.82, 2.24) is 30.2 Å². The molecule has 0 radical (unpaired) electrons. The molecule has 4 fully saturated rings. The van der Waals surface area contributed by atoms with Crippen LogP contribution >= 0.6 is 22.9 Å². The predicted molar refractivity (Wildman–Crippen MR) is 387 cm³/mol. The number of pyridine rings is 1. The molecule has 1 unspecified atom stereocenters. The molecular weight excluding hydrogens is 1300 g/mol. The largest absolute Gasteiger partial charge is 0.475 e. The van der Waals surface area contributed by atoms with Crippen molar-refractivity contribution in [2.75, 3.05) is 139 Å². The molecule has 0 bridgehead atoms. The summed E-state index contributed by atoms with van der Waals surface area (Å²) in [4.78, 5) is 21.5. The number of hydrogen-bond donors (Lipinski definition) is 2. The second kappa shape index (κ2) is 41.1. The molecule has 2 N–H and O–H groups in total. The van der Waals surface area contributed by atoms with Gasteiger partial charge < -0.3 is 67.4 Å². The van der Waals surface area contributed by atoms with E-state index >= 15 is 0 Å². The van der Waals surface area contributed by atoms with Gasteiger partial charge in [-0.05, 0) is 166 Å². The lowest BCUT2D eigenvalue weighted by Gasteiger charge is -2.58. The van der Waals surface area contributed by atoms with Crippen LogP contribution in [0.4, 0.5) is 0 Å². The summed E-state index contributed by atoms with van der Waals surface area (Å²) in [6, 6.07) is 20.8. The Morgan fingerprint density at radius 1 is 0.687 bits per heavy atom. The zero-order chi connectivity index (χ0) is 68.9. The number of unbranched alkanes of at least 4 members (excludes halogenated alkanes) is 3. The molecule has 5 aromatic rings. The summed E-state index contributed by atoms with van der Waals surface area (Å²) >= 11 is 8.35. The van der Waals surface area contributed by atoms with Gasteiger partial charge in [0.1, 0.15) is 17.2 Å². The number of nitrogens with one attached hydrogen (secondary N) is 1. The van der Waals surface area contributed by atoms with Crippen LogP contribution in [0.3, 0.4) is 0 Å². The van der Waals surface area contributed by atoms with Crippen LogP contribution in [-0.2, 0) is 67.1 Å². The molecule has 19 nitrogen and oxygen atoms in total. The number of hydrogen-bond acceptors (Lipinski definition) is 18. The normalized spacial score (nSPS) is 24.0. The van der Waals surface area contributed by atoms with E-state index in [0.717, 1.165) is 114 Å². The standard InChI is InChI=1S/C78H115ClN6O13S/c1-58(69-23-24-70-67-22-17-62-54-66(86)25-28-77(62,2)71(67)26-29-78(69,70)3)12-7-5-6-10-32-88-34-36-90-38-39-92-40-41-93-42-43-94-44-45-95-48-49-97-57-64-56-84(83-82-64)31-33-89-35-37-91-46-47-96-50-51-98-73-53-61(27-30-81-73)60-14-11-13-59(52-60)55-85(65-20-18-63(80-4)19-21-65)76(87)75-74(79)68-15-8-9-16-72(68)99-75/h8-9,11,13-17,27,30,52-53,56,58,63,65-67,69-71,80,86H,5-7,10,12,18-26,28-29,31-51,54-55,57H2,1-4H3/t58-,63?,65?,66+,67+,69?,70+,71+,77+,78-/m1/s1. The summed E-state index contributed by atoms with van der Waals surface area (Å²) in [6.07, 6.45) is 26.3. The molecule has 0 saturated heterocycles. The molecular formula is C78H115ClN6O13S. The molecule has 4 saturated carbocycles. The van der Waals surface area contributed by atoms with Crippen LogP contribution < -0.4 is 10.1 Å². The van der Waals surface area contributed by atoms with Gasteiger partial charge in [-0.15, -0.1) is 16.4 Å². The minimum absolute atomic E-state index is 0.0111. The van der Waals surface area contributed by atoms with Gasteiger partial charge in [0.15, 0.2) is 0 Å². The summed E-state index contributed by atoms with van der Waals surface area (Å²) < 4.78 is 65.7. The molecule has 548 valence electrons. The Morgan fingerprint density at radius 2 is 1.32 bits per heavy atom. The highest BCUT2D eigenvalue weighted by atomic mass is 35.5. The van der Waals surface area contributed by atoms with E-state index < -0.39 is 0 Å².